The van der Waals surface area contributed by atoms with Crippen molar-refractivity contribution in [1.82, 2.24) is 9.88 Å². The van der Waals surface area contributed by atoms with Gasteiger partial charge < -0.3 is 19.8 Å². The number of aliphatic hydroxyl groups excluding tert-OH is 1. The second-order valence-corrected chi connectivity index (χ2v) is 9.07. The molecule has 2 fully saturated rings. The molecule has 2 aliphatic heterocycles. The maximum Gasteiger partial charge on any atom is 0.230 e. The molecular formula is C27H40N4O2. The van der Waals surface area contributed by atoms with Gasteiger partial charge in [0.05, 0.1) is 18.0 Å². The molecule has 33 heavy (non-hydrogen) atoms. The zero-order valence-electron chi connectivity index (χ0n) is 20.9. The quantitative estimate of drug-likeness (QED) is 0.719. The van der Waals surface area contributed by atoms with Crippen molar-refractivity contribution in [3.8, 4) is 0 Å². The minimum absolute atomic E-state index is 0.00433. The fourth-order valence-corrected chi connectivity index (χ4v) is 4.56. The fourth-order valence-electron chi connectivity index (χ4n) is 4.56. The van der Waals surface area contributed by atoms with Gasteiger partial charge >= 0.3 is 0 Å². The van der Waals surface area contributed by atoms with E-state index in [4.69, 9.17) is 0 Å². The van der Waals surface area contributed by atoms with E-state index in [-0.39, 0.29) is 17.7 Å². The Morgan fingerprint density at radius 2 is 1.73 bits per heavy atom. The van der Waals surface area contributed by atoms with Gasteiger partial charge in [-0.05, 0) is 50.6 Å². The number of carbonyl (C=O) groups is 1. The molecule has 3 atom stereocenters. The molecule has 0 spiro atoms. The van der Waals surface area contributed by atoms with Crippen molar-refractivity contribution < 1.29 is 9.90 Å². The molecule has 1 aromatic carbocycles. The predicted octanol–water partition coefficient (Wildman–Crippen LogP) is 3.94. The van der Waals surface area contributed by atoms with Crippen molar-refractivity contribution in [2.45, 2.75) is 52.6 Å². The predicted molar refractivity (Wildman–Crippen MR) is 136 cm³/mol. The molecule has 4 rings (SSSR count). The summed E-state index contributed by atoms with van der Waals surface area (Å²) in [5.74, 6) is 0.165. The van der Waals surface area contributed by atoms with Gasteiger partial charge in [-0.1, -0.05) is 39.0 Å². The standard InChI is InChI=1S/C25H34N4O2.C2H6/c1-18(19(2)30)23-9-8-22(17-26-23)29-11-10-21(25(29)31)16-20-6-4-5-7-24(20)28-14-12-27(3)13-15-28;1-2/h4-9,17-19,21,30H,10-16H2,1-3H3;1-2H3/t18?,19-,21-;/m0./s1. The van der Waals surface area contributed by atoms with Gasteiger partial charge in [0.1, 0.15) is 0 Å². The highest BCUT2D eigenvalue weighted by Crippen LogP contribution is 2.31. The van der Waals surface area contributed by atoms with Gasteiger partial charge in [-0.25, -0.2) is 0 Å². The summed E-state index contributed by atoms with van der Waals surface area (Å²) in [6.45, 7) is 12.7. The highest BCUT2D eigenvalue weighted by Gasteiger charge is 2.33. The number of para-hydroxylation sites is 1. The van der Waals surface area contributed by atoms with Crippen molar-refractivity contribution in [3.63, 3.8) is 0 Å². The molecule has 0 aliphatic carbocycles. The van der Waals surface area contributed by atoms with Crippen molar-refractivity contribution in [1.29, 1.82) is 0 Å². The summed E-state index contributed by atoms with van der Waals surface area (Å²) in [6.07, 6.45) is 2.97. The lowest BCUT2D eigenvalue weighted by atomic mass is 9.96. The van der Waals surface area contributed by atoms with E-state index in [0.29, 0.717) is 0 Å². The maximum absolute atomic E-state index is 13.2. The molecule has 0 radical (unpaired) electrons. The number of hydrogen-bond donors (Lipinski definition) is 1. The van der Waals surface area contributed by atoms with Crippen LogP contribution in [0.15, 0.2) is 42.6 Å². The molecule has 0 saturated carbocycles. The molecule has 2 aromatic rings. The molecule has 1 N–H and O–H groups in total. The summed E-state index contributed by atoms with van der Waals surface area (Å²) in [5.41, 5.74) is 4.25. The number of hydrogen-bond acceptors (Lipinski definition) is 5. The van der Waals surface area contributed by atoms with E-state index in [0.717, 1.165) is 56.9 Å². The number of rotatable bonds is 6. The molecule has 2 aliphatic rings. The Hall–Kier alpha value is -2.44. The van der Waals surface area contributed by atoms with E-state index >= 15 is 0 Å². The summed E-state index contributed by atoms with van der Waals surface area (Å²) < 4.78 is 0. The minimum Gasteiger partial charge on any atom is -0.393 e. The molecule has 180 valence electrons. The average molecular weight is 453 g/mol. The summed E-state index contributed by atoms with van der Waals surface area (Å²) in [4.78, 5) is 24.4. The number of amides is 1. The van der Waals surface area contributed by atoms with Gasteiger partial charge in [-0.15, -0.1) is 0 Å². The van der Waals surface area contributed by atoms with E-state index in [1.807, 2.05) is 37.8 Å². The average Bonchev–Trinajstić information content (AvgIpc) is 3.21. The Morgan fingerprint density at radius 1 is 1.03 bits per heavy atom. The smallest absolute Gasteiger partial charge is 0.230 e. The third kappa shape index (κ3) is 5.92. The Bertz CT molecular complexity index is 891. The molecule has 3 heterocycles. The third-order valence-electron chi connectivity index (χ3n) is 6.89. The molecule has 6 heteroatoms. The number of aromatic nitrogens is 1. The van der Waals surface area contributed by atoms with Crippen LogP contribution in [0.3, 0.4) is 0 Å². The first-order chi connectivity index (χ1) is 15.9. The Kier molecular flexibility index (Phi) is 8.87. The first-order valence-electron chi connectivity index (χ1n) is 12.4. The number of carbonyl (C=O) groups excluding carboxylic acids is 1. The van der Waals surface area contributed by atoms with Crippen LogP contribution in [-0.4, -0.2) is 66.8 Å². The number of piperazine rings is 1. The van der Waals surface area contributed by atoms with Gasteiger partial charge in [0.2, 0.25) is 5.91 Å². The first kappa shape index (κ1) is 25.2. The van der Waals surface area contributed by atoms with E-state index in [2.05, 4.69) is 46.1 Å². The van der Waals surface area contributed by atoms with Crippen LogP contribution in [0.25, 0.3) is 0 Å². The van der Waals surface area contributed by atoms with Crippen molar-refractivity contribution >= 4 is 17.3 Å². The van der Waals surface area contributed by atoms with Gasteiger partial charge in [-0.3, -0.25) is 9.78 Å². The van der Waals surface area contributed by atoms with Crippen LogP contribution in [0.5, 0.6) is 0 Å². The topological polar surface area (TPSA) is 59.9 Å². The number of likely N-dealkylation sites (N-methyl/N-ethyl adjacent to an activating group) is 1. The van der Waals surface area contributed by atoms with E-state index in [1.54, 1.807) is 13.1 Å². The summed E-state index contributed by atoms with van der Waals surface area (Å²) in [7, 11) is 2.17. The normalized spacial score (nSPS) is 20.9. The van der Waals surface area contributed by atoms with Gasteiger partial charge in [0.25, 0.3) is 0 Å². The monoisotopic (exact) mass is 452 g/mol. The second kappa shape index (κ2) is 11.6. The Labute approximate surface area is 199 Å². The number of benzene rings is 1. The zero-order valence-corrected chi connectivity index (χ0v) is 20.9. The van der Waals surface area contributed by atoms with E-state index < -0.39 is 6.10 Å². The SMILES string of the molecule is CC.CC(c1ccc(N2CC[C@@H](Cc3ccccc3N3CCN(C)CC3)C2=O)cn1)[C@H](C)O. The lowest BCUT2D eigenvalue weighted by molar-refractivity contribution is -0.120. The summed E-state index contributed by atoms with van der Waals surface area (Å²) in [5, 5.41) is 9.79. The molecule has 2 saturated heterocycles. The molecular weight excluding hydrogens is 412 g/mol. The lowest BCUT2D eigenvalue weighted by Gasteiger charge is -2.35. The molecule has 1 amide bonds. The van der Waals surface area contributed by atoms with Crippen LogP contribution in [0.1, 0.15) is 51.3 Å². The fraction of sp³-hybridized carbons (Fsp3) is 0.556. The maximum atomic E-state index is 13.2. The number of pyridine rings is 1. The third-order valence-corrected chi connectivity index (χ3v) is 6.89. The summed E-state index contributed by atoms with van der Waals surface area (Å²) in [6, 6.07) is 12.4. The molecule has 1 unspecified atom stereocenters. The van der Waals surface area contributed by atoms with Crippen molar-refractivity contribution in [2.75, 3.05) is 49.6 Å². The number of nitrogens with zero attached hydrogens (tertiary/aromatic N) is 4. The van der Waals surface area contributed by atoms with Crippen LogP contribution in [-0.2, 0) is 11.2 Å². The molecule has 1 aromatic heterocycles. The largest absolute Gasteiger partial charge is 0.393 e. The van der Waals surface area contributed by atoms with E-state index in [1.165, 1.54) is 11.3 Å². The number of aliphatic hydroxyl groups is 1. The summed E-state index contributed by atoms with van der Waals surface area (Å²) >= 11 is 0. The van der Waals surface area contributed by atoms with Crippen LogP contribution in [0, 0.1) is 5.92 Å². The van der Waals surface area contributed by atoms with Gasteiger partial charge in [0.15, 0.2) is 0 Å². The van der Waals surface area contributed by atoms with E-state index in [9.17, 15) is 9.90 Å². The zero-order chi connectivity index (χ0) is 24.0. The minimum atomic E-state index is -0.448. The van der Waals surface area contributed by atoms with Crippen LogP contribution in [0.4, 0.5) is 11.4 Å². The number of anilines is 2. The lowest BCUT2D eigenvalue weighted by Crippen LogP contribution is -2.44. The molecule has 0 bridgehead atoms. The van der Waals surface area contributed by atoms with Crippen molar-refractivity contribution in [3.05, 3.63) is 53.9 Å². The molecule has 6 nitrogen and oxygen atoms in total. The second-order valence-electron chi connectivity index (χ2n) is 9.07. The van der Waals surface area contributed by atoms with Crippen LogP contribution in [0.2, 0.25) is 0 Å². The highest BCUT2D eigenvalue weighted by atomic mass is 16.3. The first-order valence-corrected chi connectivity index (χ1v) is 12.4. The highest BCUT2D eigenvalue weighted by molar-refractivity contribution is 5.97. The Morgan fingerprint density at radius 3 is 2.36 bits per heavy atom. The van der Waals surface area contributed by atoms with Crippen molar-refractivity contribution in [2.24, 2.45) is 5.92 Å². The van der Waals surface area contributed by atoms with Gasteiger partial charge in [0, 0.05) is 55.9 Å². The van der Waals surface area contributed by atoms with Gasteiger partial charge in [-0.2, -0.15) is 0 Å². The Balaban J connectivity index is 0.00000149. The van der Waals surface area contributed by atoms with Crippen LogP contribution >= 0.6 is 0 Å². The van der Waals surface area contributed by atoms with Crippen LogP contribution < -0.4 is 9.80 Å².